The molecule has 3 aromatic rings. The van der Waals surface area contributed by atoms with Gasteiger partial charge in [-0.2, -0.15) is 0 Å². The molecule has 0 heterocycles. The Morgan fingerprint density at radius 2 is 1.50 bits per heavy atom. The lowest BCUT2D eigenvalue weighted by molar-refractivity contribution is 0.417. The van der Waals surface area contributed by atoms with E-state index < -0.39 is 0 Å². The van der Waals surface area contributed by atoms with Gasteiger partial charge < -0.3 is 15.4 Å². The highest BCUT2D eigenvalue weighted by Gasteiger charge is 2.07. The van der Waals surface area contributed by atoms with Crippen molar-refractivity contribution >= 4 is 40.9 Å². The first-order valence-electron chi connectivity index (χ1n) is 9.63. The fraction of sp³-hybridized carbons (Fsp3) is 0.160. The van der Waals surface area contributed by atoms with Crippen molar-refractivity contribution in [1.29, 1.82) is 0 Å². The van der Waals surface area contributed by atoms with Crippen molar-refractivity contribution in [2.45, 2.75) is 20.8 Å². The number of methoxy groups -OCH3 is 1. The number of benzene rings is 3. The van der Waals surface area contributed by atoms with Gasteiger partial charge >= 0.3 is 0 Å². The Labute approximate surface area is 182 Å². The molecule has 154 valence electrons. The van der Waals surface area contributed by atoms with Crippen LogP contribution >= 0.6 is 12.2 Å². The third kappa shape index (κ3) is 5.45. The summed E-state index contributed by atoms with van der Waals surface area (Å²) in [6, 6.07) is 16.3. The zero-order valence-electron chi connectivity index (χ0n) is 17.5. The standard InChI is InChI=1S/C25H25FN2OS/c1-16-13-20(14-17(2)18(16)3)6-5-19-7-12-24(29-4)23(15-19)28-25(30)27-22-10-8-21(26)9-11-22/h5-15H,1-4H3,(H2,27,28,30)/b6-5-. The minimum Gasteiger partial charge on any atom is -0.495 e. The largest absolute Gasteiger partial charge is 0.495 e. The molecule has 0 spiro atoms. The third-order valence-electron chi connectivity index (χ3n) is 4.99. The summed E-state index contributed by atoms with van der Waals surface area (Å²) in [4.78, 5) is 0. The molecule has 3 nitrogen and oxygen atoms in total. The quantitative estimate of drug-likeness (QED) is 0.354. The summed E-state index contributed by atoms with van der Waals surface area (Å²) in [7, 11) is 1.62. The molecule has 0 radical (unpaired) electrons. The van der Waals surface area contributed by atoms with Gasteiger partial charge in [0.2, 0.25) is 0 Å². The summed E-state index contributed by atoms with van der Waals surface area (Å²) >= 11 is 5.39. The lowest BCUT2D eigenvalue weighted by Gasteiger charge is -2.14. The van der Waals surface area contributed by atoms with Gasteiger partial charge in [0, 0.05) is 5.69 Å². The van der Waals surface area contributed by atoms with Crippen molar-refractivity contribution in [3.63, 3.8) is 0 Å². The molecule has 0 fully saturated rings. The summed E-state index contributed by atoms with van der Waals surface area (Å²) in [6.45, 7) is 6.40. The zero-order chi connectivity index (χ0) is 21.7. The van der Waals surface area contributed by atoms with E-state index in [1.807, 2.05) is 18.2 Å². The number of anilines is 2. The van der Waals surface area contributed by atoms with Crippen LogP contribution in [0.1, 0.15) is 27.8 Å². The number of rotatable bonds is 5. The van der Waals surface area contributed by atoms with E-state index in [0.29, 0.717) is 16.5 Å². The lowest BCUT2D eigenvalue weighted by Crippen LogP contribution is -2.19. The second-order valence-electron chi connectivity index (χ2n) is 7.16. The number of halogens is 1. The Hall–Kier alpha value is -3.18. The van der Waals surface area contributed by atoms with Gasteiger partial charge in [0.25, 0.3) is 0 Å². The van der Waals surface area contributed by atoms with Crippen molar-refractivity contribution in [3.8, 4) is 5.75 Å². The lowest BCUT2D eigenvalue weighted by atomic mass is 10.00. The van der Waals surface area contributed by atoms with Crippen molar-refractivity contribution < 1.29 is 9.13 Å². The summed E-state index contributed by atoms with van der Waals surface area (Å²) in [5, 5.41) is 6.59. The molecular weight excluding hydrogens is 395 g/mol. The summed E-state index contributed by atoms with van der Waals surface area (Å²) < 4.78 is 18.5. The molecule has 2 N–H and O–H groups in total. The van der Waals surface area contributed by atoms with Gasteiger partial charge in [0.15, 0.2) is 5.11 Å². The highest BCUT2D eigenvalue weighted by molar-refractivity contribution is 7.80. The van der Waals surface area contributed by atoms with Crippen LogP contribution in [0.2, 0.25) is 0 Å². The molecule has 0 unspecified atom stereocenters. The summed E-state index contributed by atoms with van der Waals surface area (Å²) in [6.07, 6.45) is 4.16. The van der Waals surface area contributed by atoms with Gasteiger partial charge in [0.1, 0.15) is 11.6 Å². The molecule has 0 saturated heterocycles. The molecule has 0 aliphatic carbocycles. The van der Waals surface area contributed by atoms with Crippen LogP contribution in [0.25, 0.3) is 12.2 Å². The van der Waals surface area contributed by atoms with Gasteiger partial charge in [0.05, 0.1) is 12.8 Å². The molecule has 0 saturated carbocycles. The van der Waals surface area contributed by atoms with Crippen LogP contribution in [0, 0.1) is 26.6 Å². The number of thiocarbonyl (C=S) groups is 1. The smallest absolute Gasteiger partial charge is 0.175 e. The number of ether oxygens (including phenoxy) is 1. The van der Waals surface area contributed by atoms with Crippen molar-refractivity contribution in [1.82, 2.24) is 0 Å². The first-order valence-corrected chi connectivity index (χ1v) is 10.0. The van der Waals surface area contributed by atoms with Crippen molar-refractivity contribution in [3.05, 3.63) is 88.2 Å². The van der Waals surface area contributed by atoms with Crippen LogP contribution in [0.4, 0.5) is 15.8 Å². The maximum absolute atomic E-state index is 13.1. The molecule has 0 aliphatic rings. The molecule has 5 heteroatoms. The van der Waals surface area contributed by atoms with Gasteiger partial charge in [-0.05, 0) is 97.2 Å². The van der Waals surface area contributed by atoms with Gasteiger partial charge in [-0.3, -0.25) is 0 Å². The van der Waals surface area contributed by atoms with Crippen LogP contribution < -0.4 is 15.4 Å². The molecule has 0 aromatic heterocycles. The average molecular weight is 421 g/mol. The van der Waals surface area contributed by atoms with Crippen molar-refractivity contribution in [2.75, 3.05) is 17.7 Å². The minimum atomic E-state index is -0.292. The first kappa shape index (κ1) is 21.5. The monoisotopic (exact) mass is 420 g/mol. The molecule has 0 atom stereocenters. The average Bonchev–Trinajstić information content (AvgIpc) is 2.72. The van der Waals surface area contributed by atoms with E-state index >= 15 is 0 Å². The molecule has 0 amide bonds. The van der Waals surface area contributed by atoms with Crippen LogP contribution in [0.15, 0.2) is 54.6 Å². The van der Waals surface area contributed by atoms with Crippen LogP contribution in [0.3, 0.4) is 0 Å². The molecule has 30 heavy (non-hydrogen) atoms. The van der Waals surface area contributed by atoms with Crippen LogP contribution in [-0.2, 0) is 0 Å². The topological polar surface area (TPSA) is 33.3 Å². The molecule has 0 bridgehead atoms. The predicted octanol–water partition coefficient (Wildman–Crippen LogP) is 6.74. The Morgan fingerprint density at radius 3 is 2.13 bits per heavy atom. The second kappa shape index (κ2) is 9.55. The number of hydrogen-bond acceptors (Lipinski definition) is 2. The number of hydrogen-bond donors (Lipinski definition) is 2. The zero-order valence-corrected chi connectivity index (χ0v) is 18.4. The highest BCUT2D eigenvalue weighted by atomic mass is 32.1. The van der Waals surface area contributed by atoms with Gasteiger partial charge in [-0.1, -0.05) is 30.4 Å². The number of nitrogens with one attached hydrogen (secondary N) is 2. The van der Waals surface area contributed by atoms with E-state index in [0.717, 1.165) is 16.8 Å². The maximum Gasteiger partial charge on any atom is 0.175 e. The fourth-order valence-corrected chi connectivity index (χ4v) is 3.33. The van der Waals surface area contributed by atoms with E-state index in [4.69, 9.17) is 17.0 Å². The molecule has 3 aromatic carbocycles. The normalized spacial score (nSPS) is 10.8. The van der Waals surface area contributed by atoms with Crippen molar-refractivity contribution in [2.24, 2.45) is 0 Å². The summed E-state index contributed by atoms with van der Waals surface area (Å²) in [5.41, 5.74) is 7.51. The van der Waals surface area contributed by atoms with E-state index in [1.165, 1.54) is 28.8 Å². The molecule has 3 rings (SSSR count). The maximum atomic E-state index is 13.1. The highest BCUT2D eigenvalue weighted by Crippen LogP contribution is 2.27. The Morgan fingerprint density at radius 1 is 0.867 bits per heavy atom. The van der Waals surface area contributed by atoms with E-state index in [1.54, 1.807) is 19.2 Å². The van der Waals surface area contributed by atoms with Gasteiger partial charge in [-0.15, -0.1) is 0 Å². The third-order valence-corrected chi connectivity index (χ3v) is 5.20. The van der Waals surface area contributed by atoms with Crippen LogP contribution in [0.5, 0.6) is 5.75 Å². The minimum absolute atomic E-state index is 0.292. The Bertz CT molecular complexity index is 1070. The van der Waals surface area contributed by atoms with Crippen LogP contribution in [-0.4, -0.2) is 12.2 Å². The second-order valence-corrected chi connectivity index (χ2v) is 7.57. The van der Waals surface area contributed by atoms with E-state index in [-0.39, 0.29) is 5.82 Å². The van der Waals surface area contributed by atoms with E-state index in [2.05, 4.69) is 55.7 Å². The predicted molar refractivity (Wildman–Crippen MR) is 129 cm³/mol. The van der Waals surface area contributed by atoms with E-state index in [9.17, 15) is 4.39 Å². The number of aryl methyl sites for hydroxylation is 2. The Kier molecular flexibility index (Phi) is 6.85. The Balaban J connectivity index is 1.77. The SMILES string of the molecule is COc1ccc(/C=C\c2cc(C)c(C)c(C)c2)cc1NC(=S)Nc1ccc(F)cc1. The fourth-order valence-electron chi connectivity index (χ4n) is 3.10. The molecular formula is C25H25FN2OS. The molecule has 0 aliphatic heterocycles. The first-order chi connectivity index (χ1) is 14.4. The van der Waals surface area contributed by atoms with Gasteiger partial charge in [-0.25, -0.2) is 4.39 Å². The summed E-state index contributed by atoms with van der Waals surface area (Å²) in [5.74, 6) is 0.386.